The van der Waals surface area contributed by atoms with Crippen LogP contribution in [0.3, 0.4) is 0 Å². The van der Waals surface area contributed by atoms with E-state index in [0.29, 0.717) is 6.04 Å². The van der Waals surface area contributed by atoms with Gasteiger partial charge in [-0.25, -0.2) is 0 Å². The zero-order valence-electron chi connectivity index (χ0n) is 11.0. The number of nitrogens with zero attached hydrogens (tertiary/aromatic N) is 1. The van der Waals surface area contributed by atoms with Gasteiger partial charge in [0.05, 0.1) is 0 Å². The zero-order valence-corrected chi connectivity index (χ0v) is 11.0. The Labute approximate surface area is 105 Å². The van der Waals surface area contributed by atoms with Crippen LogP contribution in [0.25, 0.3) is 0 Å². The summed E-state index contributed by atoms with van der Waals surface area (Å²) in [7, 11) is 0. The van der Waals surface area contributed by atoms with Gasteiger partial charge >= 0.3 is 0 Å². The van der Waals surface area contributed by atoms with Gasteiger partial charge in [-0.05, 0) is 24.4 Å². The van der Waals surface area contributed by atoms with E-state index in [4.69, 9.17) is 0 Å². The van der Waals surface area contributed by atoms with Gasteiger partial charge in [-0.2, -0.15) is 0 Å². The molecule has 1 aromatic carbocycles. The van der Waals surface area contributed by atoms with Gasteiger partial charge in [-0.15, -0.1) is 0 Å². The van der Waals surface area contributed by atoms with Crippen LogP contribution in [0.1, 0.15) is 31.9 Å². The quantitative estimate of drug-likeness (QED) is 0.862. The molecule has 1 fully saturated rings. The molecule has 1 aliphatic heterocycles. The molecule has 94 valence electrons. The fraction of sp³-hybridized carbons (Fsp3) is 0.600. The second-order valence-electron chi connectivity index (χ2n) is 5.14. The van der Waals surface area contributed by atoms with Crippen LogP contribution in [0.15, 0.2) is 30.3 Å². The number of benzene rings is 1. The minimum absolute atomic E-state index is 0.582. The molecule has 0 bridgehead atoms. The molecule has 2 nitrogen and oxygen atoms in total. The van der Waals surface area contributed by atoms with Crippen molar-refractivity contribution in [3.05, 3.63) is 35.9 Å². The maximum atomic E-state index is 3.52. The van der Waals surface area contributed by atoms with Crippen molar-refractivity contribution in [1.82, 2.24) is 10.2 Å². The third-order valence-electron chi connectivity index (χ3n) is 3.63. The molecule has 0 aromatic heterocycles. The fourth-order valence-electron chi connectivity index (χ4n) is 2.79. The van der Waals surface area contributed by atoms with E-state index >= 15 is 0 Å². The highest BCUT2D eigenvalue weighted by atomic mass is 15.2. The first-order chi connectivity index (χ1) is 8.31. The first kappa shape index (κ1) is 12.6. The van der Waals surface area contributed by atoms with Gasteiger partial charge < -0.3 is 5.32 Å². The molecule has 0 spiro atoms. The minimum Gasteiger partial charge on any atom is -0.315 e. The van der Waals surface area contributed by atoms with Gasteiger partial charge in [0.2, 0.25) is 0 Å². The smallest absolute Gasteiger partial charge is 0.0346 e. The summed E-state index contributed by atoms with van der Waals surface area (Å²) in [6.07, 6.45) is 1.19. The molecule has 0 radical (unpaired) electrons. The Morgan fingerprint density at radius 1 is 1.35 bits per heavy atom. The van der Waals surface area contributed by atoms with Gasteiger partial charge in [0.25, 0.3) is 0 Å². The first-order valence-corrected chi connectivity index (χ1v) is 6.81. The van der Waals surface area contributed by atoms with E-state index in [0.717, 1.165) is 25.6 Å². The standard InChI is InChI=1S/C15H24N2/c1-3-15(14-7-5-4-6-8-14)17-10-9-16-11-13(2)12-17/h4-8,13,15-16H,3,9-12H2,1-2H3. The lowest BCUT2D eigenvalue weighted by Crippen LogP contribution is -2.33. The number of nitrogens with one attached hydrogen (secondary N) is 1. The molecule has 1 saturated heterocycles. The summed E-state index contributed by atoms with van der Waals surface area (Å²) in [5, 5.41) is 3.52. The van der Waals surface area contributed by atoms with Crippen molar-refractivity contribution in [1.29, 1.82) is 0 Å². The van der Waals surface area contributed by atoms with Crippen LogP contribution in [0, 0.1) is 5.92 Å². The van der Waals surface area contributed by atoms with Crippen molar-refractivity contribution < 1.29 is 0 Å². The highest BCUT2D eigenvalue weighted by Gasteiger charge is 2.22. The van der Waals surface area contributed by atoms with Gasteiger partial charge in [-0.3, -0.25) is 4.90 Å². The van der Waals surface area contributed by atoms with Gasteiger partial charge in [0.15, 0.2) is 0 Å². The summed E-state index contributed by atoms with van der Waals surface area (Å²) in [6.45, 7) is 9.28. The molecule has 1 N–H and O–H groups in total. The molecule has 1 aliphatic rings. The average Bonchev–Trinajstić information content (AvgIpc) is 2.56. The molecule has 2 atom stereocenters. The Morgan fingerprint density at radius 3 is 2.82 bits per heavy atom. The van der Waals surface area contributed by atoms with E-state index in [1.165, 1.54) is 18.5 Å². The lowest BCUT2D eigenvalue weighted by atomic mass is 10.0. The first-order valence-electron chi connectivity index (χ1n) is 6.81. The van der Waals surface area contributed by atoms with E-state index in [2.05, 4.69) is 54.4 Å². The van der Waals surface area contributed by atoms with Gasteiger partial charge in [0.1, 0.15) is 0 Å². The molecule has 1 aromatic rings. The van der Waals surface area contributed by atoms with Crippen molar-refractivity contribution in [3.8, 4) is 0 Å². The summed E-state index contributed by atoms with van der Waals surface area (Å²) in [5.41, 5.74) is 1.46. The van der Waals surface area contributed by atoms with E-state index < -0.39 is 0 Å². The Kier molecular flexibility index (Phi) is 4.57. The van der Waals surface area contributed by atoms with Crippen molar-refractivity contribution in [2.45, 2.75) is 26.3 Å². The number of hydrogen-bond acceptors (Lipinski definition) is 2. The molecule has 17 heavy (non-hydrogen) atoms. The predicted octanol–water partition coefficient (Wildman–Crippen LogP) is 2.68. The molecule has 2 heteroatoms. The van der Waals surface area contributed by atoms with Crippen LogP contribution in [0.4, 0.5) is 0 Å². The summed E-state index contributed by atoms with van der Waals surface area (Å²) in [6, 6.07) is 11.5. The molecule has 2 rings (SSSR count). The topological polar surface area (TPSA) is 15.3 Å². The van der Waals surface area contributed by atoms with E-state index in [-0.39, 0.29) is 0 Å². The lowest BCUT2D eigenvalue weighted by Gasteiger charge is -2.31. The predicted molar refractivity (Wildman–Crippen MR) is 73.1 cm³/mol. The lowest BCUT2D eigenvalue weighted by molar-refractivity contribution is 0.186. The molecule has 0 saturated carbocycles. The summed E-state index contributed by atoms with van der Waals surface area (Å²) in [4.78, 5) is 2.64. The molecule has 0 amide bonds. The van der Waals surface area contributed by atoms with Crippen molar-refractivity contribution >= 4 is 0 Å². The number of rotatable bonds is 3. The van der Waals surface area contributed by atoms with E-state index in [1.54, 1.807) is 0 Å². The summed E-state index contributed by atoms with van der Waals surface area (Å²) < 4.78 is 0. The third kappa shape index (κ3) is 3.30. The Morgan fingerprint density at radius 2 is 2.12 bits per heavy atom. The largest absolute Gasteiger partial charge is 0.315 e. The Hall–Kier alpha value is -0.860. The molecule has 0 aliphatic carbocycles. The SMILES string of the molecule is CCC(c1ccccc1)N1CCNCC(C)C1. The maximum Gasteiger partial charge on any atom is 0.0346 e. The van der Waals surface area contributed by atoms with Crippen LogP contribution in [0.5, 0.6) is 0 Å². The van der Waals surface area contributed by atoms with Crippen LogP contribution in [0.2, 0.25) is 0 Å². The highest BCUT2D eigenvalue weighted by Crippen LogP contribution is 2.25. The monoisotopic (exact) mass is 232 g/mol. The van der Waals surface area contributed by atoms with Gasteiger partial charge in [-0.1, -0.05) is 44.2 Å². The van der Waals surface area contributed by atoms with Crippen molar-refractivity contribution in [2.24, 2.45) is 5.92 Å². The van der Waals surface area contributed by atoms with E-state index in [9.17, 15) is 0 Å². The van der Waals surface area contributed by atoms with Crippen molar-refractivity contribution in [3.63, 3.8) is 0 Å². The average molecular weight is 232 g/mol. The van der Waals surface area contributed by atoms with Gasteiger partial charge in [0, 0.05) is 25.7 Å². The second kappa shape index (κ2) is 6.18. The van der Waals surface area contributed by atoms with Crippen LogP contribution in [-0.4, -0.2) is 31.1 Å². The Bertz CT molecular complexity index is 323. The number of hydrogen-bond donors (Lipinski definition) is 1. The molecule has 2 unspecified atom stereocenters. The summed E-state index contributed by atoms with van der Waals surface area (Å²) >= 11 is 0. The summed E-state index contributed by atoms with van der Waals surface area (Å²) in [5.74, 6) is 0.746. The van der Waals surface area contributed by atoms with E-state index in [1.807, 2.05) is 0 Å². The van der Waals surface area contributed by atoms with Crippen LogP contribution in [-0.2, 0) is 0 Å². The molecular weight excluding hydrogens is 208 g/mol. The maximum absolute atomic E-state index is 3.52. The van der Waals surface area contributed by atoms with Crippen LogP contribution >= 0.6 is 0 Å². The third-order valence-corrected chi connectivity index (χ3v) is 3.63. The zero-order chi connectivity index (χ0) is 12.1. The van der Waals surface area contributed by atoms with Crippen molar-refractivity contribution in [2.75, 3.05) is 26.2 Å². The molecular formula is C15H24N2. The fourth-order valence-corrected chi connectivity index (χ4v) is 2.79. The Balaban J connectivity index is 2.11. The minimum atomic E-state index is 0.582. The molecule has 1 heterocycles. The highest BCUT2D eigenvalue weighted by molar-refractivity contribution is 5.19. The second-order valence-corrected chi connectivity index (χ2v) is 5.14. The van der Waals surface area contributed by atoms with Crippen LogP contribution < -0.4 is 5.32 Å². The normalized spacial score (nSPS) is 24.2.